The number of hydrogen-bond donors (Lipinski definition) is 3. The molecule has 0 radical (unpaired) electrons. The molecule has 5 rings (SSSR count). The molecule has 1 aromatic carbocycles. The van der Waals surface area contributed by atoms with Crippen LogP contribution in [-0.2, 0) is 43.4 Å². The Kier molecular flexibility index (Phi) is 11.3. The summed E-state index contributed by atoms with van der Waals surface area (Å²) < 4.78 is 65.7. The third-order valence-electron chi connectivity index (χ3n) is 10.4. The van der Waals surface area contributed by atoms with Crippen molar-refractivity contribution in [2.75, 3.05) is 6.54 Å². The molecule has 3 N–H and O–H groups in total. The second-order valence-electron chi connectivity index (χ2n) is 15.7. The molecule has 17 heteroatoms. The number of nitrogens with zero attached hydrogens (tertiary/aromatic N) is 1. The van der Waals surface area contributed by atoms with Crippen LogP contribution in [0.5, 0.6) is 0 Å². The predicted octanol–water partition coefficient (Wildman–Crippen LogP) is 3.88. The van der Waals surface area contributed by atoms with Gasteiger partial charge in [-0.05, 0) is 89.5 Å². The number of hydrogen-bond acceptors (Lipinski definition) is 10. The van der Waals surface area contributed by atoms with Crippen LogP contribution in [0, 0.1) is 11.8 Å². The van der Waals surface area contributed by atoms with Gasteiger partial charge in [0.1, 0.15) is 23.2 Å². The van der Waals surface area contributed by atoms with Crippen LogP contribution in [-0.4, -0.2) is 86.2 Å². The van der Waals surface area contributed by atoms with Gasteiger partial charge in [0.25, 0.3) is 16.0 Å². The molecule has 2 heterocycles. The normalized spacial score (nSPS) is 30.1. The van der Waals surface area contributed by atoms with Gasteiger partial charge in [-0.25, -0.2) is 13.2 Å². The molecular weight excluding hydrogens is 768 g/mol. The van der Waals surface area contributed by atoms with E-state index in [1.165, 1.54) is 17.0 Å². The van der Waals surface area contributed by atoms with E-state index in [1.54, 1.807) is 39.8 Å². The highest BCUT2D eigenvalue weighted by Gasteiger charge is 2.65. The highest BCUT2D eigenvalue weighted by molar-refractivity contribution is 9.10. The van der Waals surface area contributed by atoms with Crippen LogP contribution in [0.25, 0.3) is 0 Å². The Hall–Kier alpha value is -2.76. The Morgan fingerprint density at radius 1 is 1.00 bits per heavy atom. The molecule has 6 unspecified atom stereocenters. The third kappa shape index (κ3) is 9.07. The molecule has 4 amide bonds. The van der Waals surface area contributed by atoms with Gasteiger partial charge in [0.15, 0.2) is 0 Å². The average molecular weight is 818 g/mol. The molecule has 1 aromatic rings. The average Bonchev–Trinajstić information content (AvgIpc) is 3.91. The third-order valence-corrected chi connectivity index (χ3v) is 14.5. The minimum Gasteiger partial charge on any atom is -0.444 e. The first-order valence-corrected chi connectivity index (χ1v) is 21.2. The van der Waals surface area contributed by atoms with Gasteiger partial charge >= 0.3 is 6.09 Å². The first-order valence-electron chi connectivity index (χ1n) is 17.5. The number of rotatable bonds is 7. The number of benzene rings is 1. The fourth-order valence-electron chi connectivity index (χ4n) is 6.99. The summed E-state index contributed by atoms with van der Waals surface area (Å²) in [4.78, 5) is 56.4. The van der Waals surface area contributed by atoms with E-state index in [0.717, 1.165) is 25.7 Å². The maximum absolute atomic E-state index is 14.3. The molecule has 4 fully saturated rings. The number of fused-ring (bicyclic) bond motifs is 2. The highest BCUT2D eigenvalue weighted by atomic mass is 79.9. The number of nitrogens with one attached hydrogen (secondary N) is 3. The Balaban J connectivity index is 1.46. The van der Waals surface area contributed by atoms with Gasteiger partial charge in [-0.3, -0.25) is 23.3 Å². The van der Waals surface area contributed by atoms with E-state index < -0.39 is 78.0 Å². The standard InChI is InChI=1S/C34H49BrN4O10S2/c1-21-10-8-6-7-9-11-26(36-31(43)48-32(2,3)4)29(41)39-20-23(49-50(44,45)24-14-12-22(35)13-15-24)18-27(39)28(40)37-34(19-25(21)34)30(42)38-51(46,47)33(5)16-17-33/h12-15,21,23,25-27H,6-11,16-20H2,1-5H3,(H,36,43)(H,37,40)(H,38,42). The maximum atomic E-state index is 14.3. The van der Waals surface area contributed by atoms with Gasteiger partial charge in [0, 0.05) is 17.4 Å². The lowest BCUT2D eigenvalue weighted by Gasteiger charge is -2.30. The molecule has 2 saturated carbocycles. The van der Waals surface area contributed by atoms with E-state index in [1.807, 2.05) is 6.92 Å². The lowest BCUT2D eigenvalue weighted by atomic mass is 9.94. The van der Waals surface area contributed by atoms with Crippen molar-refractivity contribution in [3.8, 4) is 0 Å². The Bertz CT molecular complexity index is 1740. The van der Waals surface area contributed by atoms with E-state index in [0.29, 0.717) is 23.7 Å². The van der Waals surface area contributed by atoms with E-state index in [-0.39, 0.29) is 42.5 Å². The van der Waals surface area contributed by atoms with Gasteiger partial charge in [-0.2, -0.15) is 8.42 Å². The number of carbonyl (C=O) groups excluding carboxylic acids is 4. The predicted molar refractivity (Wildman–Crippen MR) is 190 cm³/mol. The van der Waals surface area contributed by atoms with Crippen LogP contribution in [0.2, 0.25) is 0 Å². The van der Waals surface area contributed by atoms with Crippen molar-refractivity contribution in [1.82, 2.24) is 20.3 Å². The number of carbonyl (C=O) groups is 4. The molecule has 2 aliphatic heterocycles. The van der Waals surface area contributed by atoms with Gasteiger partial charge < -0.3 is 20.3 Å². The van der Waals surface area contributed by atoms with Crippen LogP contribution in [0.4, 0.5) is 4.79 Å². The Morgan fingerprint density at radius 2 is 1.63 bits per heavy atom. The lowest BCUT2D eigenvalue weighted by molar-refractivity contribution is -0.141. The zero-order valence-electron chi connectivity index (χ0n) is 29.7. The van der Waals surface area contributed by atoms with E-state index in [2.05, 4.69) is 31.3 Å². The lowest BCUT2D eigenvalue weighted by Crippen LogP contribution is -2.59. The minimum atomic E-state index is -4.32. The summed E-state index contributed by atoms with van der Waals surface area (Å²) in [6, 6.07) is 3.41. The van der Waals surface area contributed by atoms with Crippen molar-refractivity contribution < 1.29 is 44.9 Å². The first-order chi connectivity index (χ1) is 23.7. The fourth-order valence-corrected chi connectivity index (χ4v) is 9.65. The molecule has 14 nitrogen and oxygen atoms in total. The molecule has 284 valence electrons. The second-order valence-corrected chi connectivity index (χ2v) is 20.4. The van der Waals surface area contributed by atoms with E-state index in [4.69, 9.17) is 8.92 Å². The fraction of sp³-hybridized carbons (Fsp3) is 0.706. The molecule has 51 heavy (non-hydrogen) atoms. The summed E-state index contributed by atoms with van der Waals surface area (Å²) in [6.45, 7) is 8.30. The van der Waals surface area contributed by atoms with Gasteiger partial charge in [-0.1, -0.05) is 55.0 Å². The molecule has 6 atom stereocenters. The SMILES string of the molecule is CC1CCCCCCC(NC(=O)OC(C)(C)C)C(=O)N2CC(OS(=O)(=O)c3ccc(Br)cc3)CC2C(=O)NC2(C(=O)NS(=O)(=O)C3(C)CC3)CC12. The molecule has 0 aromatic heterocycles. The zero-order chi connectivity index (χ0) is 37.6. The van der Waals surface area contributed by atoms with Crippen molar-refractivity contribution in [3.63, 3.8) is 0 Å². The summed E-state index contributed by atoms with van der Waals surface area (Å²) in [6.07, 6.45) is 2.77. The van der Waals surface area contributed by atoms with Crippen LogP contribution < -0.4 is 15.4 Å². The molecule has 0 spiro atoms. The van der Waals surface area contributed by atoms with Gasteiger partial charge in [0.2, 0.25) is 21.8 Å². The van der Waals surface area contributed by atoms with E-state index in [9.17, 15) is 36.0 Å². The summed E-state index contributed by atoms with van der Waals surface area (Å²) in [7, 11) is -8.34. The van der Waals surface area contributed by atoms with Crippen molar-refractivity contribution in [3.05, 3.63) is 28.7 Å². The Labute approximate surface area is 308 Å². The number of sulfonamides is 1. The van der Waals surface area contributed by atoms with Crippen LogP contribution >= 0.6 is 15.9 Å². The van der Waals surface area contributed by atoms with Crippen molar-refractivity contribution in [1.29, 1.82) is 0 Å². The van der Waals surface area contributed by atoms with Crippen molar-refractivity contribution in [2.45, 2.75) is 138 Å². The number of amides is 4. The number of alkyl carbamates (subject to hydrolysis) is 1. The maximum Gasteiger partial charge on any atom is 0.408 e. The molecule has 2 saturated heterocycles. The second kappa shape index (κ2) is 14.6. The van der Waals surface area contributed by atoms with E-state index >= 15 is 0 Å². The summed E-state index contributed by atoms with van der Waals surface area (Å²) in [5.74, 6) is -2.59. The quantitative estimate of drug-likeness (QED) is 0.340. The molecule has 2 aliphatic carbocycles. The highest BCUT2D eigenvalue weighted by Crippen LogP contribution is 2.51. The van der Waals surface area contributed by atoms with Gasteiger partial charge in [-0.15, -0.1) is 0 Å². The Morgan fingerprint density at radius 3 is 2.24 bits per heavy atom. The topological polar surface area (TPSA) is 194 Å². The summed E-state index contributed by atoms with van der Waals surface area (Å²) >= 11 is 3.28. The molecule has 4 aliphatic rings. The van der Waals surface area contributed by atoms with Crippen LogP contribution in [0.3, 0.4) is 0 Å². The van der Waals surface area contributed by atoms with Gasteiger partial charge in [0.05, 0.1) is 15.7 Å². The van der Waals surface area contributed by atoms with Crippen LogP contribution in [0.15, 0.2) is 33.6 Å². The summed E-state index contributed by atoms with van der Waals surface area (Å²) in [5, 5.41) is 5.49. The first kappa shape index (κ1) is 39.4. The largest absolute Gasteiger partial charge is 0.444 e. The summed E-state index contributed by atoms with van der Waals surface area (Å²) in [5.41, 5.74) is -2.39. The van der Waals surface area contributed by atoms with Crippen molar-refractivity contribution >= 4 is 59.9 Å². The molecular formula is C34H49BrN4O10S2. The smallest absolute Gasteiger partial charge is 0.408 e. The van der Waals surface area contributed by atoms with Crippen LogP contribution in [0.1, 0.15) is 98.8 Å². The van der Waals surface area contributed by atoms with Crippen molar-refractivity contribution in [2.24, 2.45) is 11.8 Å². The zero-order valence-corrected chi connectivity index (χ0v) is 32.9. The minimum absolute atomic E-state index is 0.0320. The monoisotopic (exact) mass is 816 g/mol. The number of ether oxygens (including phenoxy) is 1. The number of halogens is 1. The molecule has 0 bridgehead atoms.